The highest BCUT2D eigenvalue weighted by molar-refractivity contribution is 7.91. The van der Waals surface area contributed by atoms with E-state index in [2.05, 4.69) is 6.92 Å². The first-order chi connectivity index (χ1) is 8.41. The second-order valence-corrected chi connectivity index (χ2v) is 8.28. The van der Waals surface area contributed by atoms with Crippen molar-refractivity contribution in [2.45, 2.75) is 42.9 Å². The fraction of sp³-hybridized carbons (Fsp3) is 0.667. The Morgan fingerprint density at radius 3 is 2.72 bits per heavy atom. The molecular formula is C12H20N2O2S2. The molecule has 102 valence electrons. The first-order valence-electron chi connectivity index (χ1n) is 6.23. The minimum absolute atomic E-state index is 0.127. The number of nitrogens with zero attached hydrogens (tertiary/aromatic N) is 1. The molecule has 0 spiro atoms. The highest BCUT2D eigenvalue weighted by Gasteiger charge is 2.31. The predicted octanol–water partition coefficient (Wildman–Crippen LogP) is 2.53. The SMILES string of the molecule is CC1CCCC(N(C)S(=O)(=O)c2cc(N)cs2)C1. The summed E-state index contributed by atoms with van der Waals surface area (Å²) in [5.74, 6) is 0.606. The quantitative estimate of drug-likeness (QED) is 0.929. The highest BCUT2D eigenvalue weighted by Crippen LogP contribution is 2.31. The van der Waals surface area contributed by atoms with Gasteiger partial charge >= 0.3 is 0 Å². The molecule has 0 amide bonds. The Morgan fingerprint density at radius 1 is 1.44 bits per heavy atom. The predicted molar refractivity (Wildman–Crippen MR) is 75.1 cm³/mol. The van der Waals surface area contributed by atoms with Crippen LogP contribution in [-0.4, -0.2) is 25.8 Å². The number of anilines is 1. The van der Waals surface area contributed by atoms with E-state index >= 15 is 0 Å². The van der Waals surface area contributed by atoms with Gasteiger partial charge in [0.15, 0.2) is 0 Å². The second kappa shape index (κ2) is 5.19. The Hall–Kier alpha value is -0.590. The molecule has 0 aromatic carbocycles. The zero-order valence-electron chi connectivity index (χ0n) is 10.8. The van der Waals surface area contributed by atoms with E-state index in [0.717, 1.165) is 19.3 Å². The van der Waals surface area contributed by atoms with Gasteiger partial charge in [-0.1, -0.05) is 19.8 Å². The molecule has 1 fully saturated rings. The molecule has 0 saturated heterocycles. The van der Waals surface area contributed by atoms with E-state index < -0.39 is 10.0 Å². The molecule has 0 aliphatic heterocycles. The fourth-order valence-corrected chi connectivity index (χ4v) is 5.20. The van der Waals surface area contributed by atoms with Crippen LogP contribution in [0.25, 0.3) is 0 Å². The lowest BCUT2D eigenvalue weighted by Crippen LogP contribution is -2.39. The van der Waals surface area contributed by atoms with Crippen LogP contribution in [0.5, 0.6) is 0 Å². The lowest BCUT2D eigenvalue weighted by atomic mass is 9.87. The van der Waals surface area contributed by atoms with Crippen molar-refractivity contribution < 1.29 is 8.42 Å². The topological polar surface area (TPSA) is 63.4 Å². The van der Waals surface area contributed by atoms with Crippen molar-refractivity contribution in [2.24, 2.45) is 5.92 Å². The van der Waals surface area contributed by atoms with Gasteiger partial charge in [0.25, 0.3) is 10.0 Å². The van der Waals surface area contributed by atoms with E-state index in [1.165, 1.54) is 22.1 Å². The third-order valence-electron chi connectivity index (χ3n) is 3.65. The number of nitrogens with two attached hydrogens (primary N) is 1. The van der Waals surface area contributed by atoms with Crippen LogP contribution >= 0.6 is 11.3 Å². The maximum absolute atomic E-state index is 12.4. The van der Waals surface area contributed by atoms with Gasteiger partial charge in [0.05, 0.1) is 0 Å². The number of rotatable bonds is 3. The highest BCUT2D eigenvalue weighted by atomic mass is 32.2. The van der Waals surface area contributed by atoms with E-state index in [0.29, 0.717) is 15.8 Å². The van der Waals surface area contributed by atoms with Crippen molar-refractivity contribution in [2.75, 3.05) is 12.8 Å². The molecule has 1 saturated carbocycles. The van der Waals surface area contributed by atoms with Crippen molar-refractivity contribution in [1.29, 1.82) is 0 Å². The molecular weight excluding hydrogens is 268 g/mol. The third-order valence-corrected chi connectivity index (χ3v) is 7.00. The zero-order valence-corrected chi connectivity index (χ0v) is 12.4. The average Bonchev–Trinajstić information content (AvgIpc) is 2.75. The first-order valence-corrected chi connectivity index (χ1v) is 8.55. The minimum Gasteiger partial charge on any atom is -0.398 e. The van der Waals surface area contributed by atoms with Crippen molar-refractivity contribution in [3.05, 3.63) is 11.4 Å². The third kappa shape index (κ3) is 2.70. The standard InChI is InChI=1S/C12H20N2O2S2/c1-9-4-3-5-11(6-9)14(2)18(15,16)12-7-10(13)8-17-12/h7-9,11H,3-6,13H2,1-2H3. The molecule has 0 bridgehead atoms. The molecule has 2 N–H and O–H groups in total. The molecule has 2 atom stereocenters. The Labute approximate surface area is 113 Å². The number of nitrogen functional groups attached to an aromatic ring is 1. The molecule has 1 aliphatic rings. The summed E-state index contributed by atoms with van der Waals surface area (Å²) < 4.78 is 26.7. The van der Waals surface area contributed by atoms with Crippen molar-refractivity contribution in [3.63, 3.8) is 0 Å². The van der Waals surface area contributed by atoms with Gasteiger partial charge in [-0.15, -0.1) is 11.3 Å². The van der Waals surface area contributed by atoms with E-state index in [4.69, 9.17) is 5.73 Å². The van der Waals surface area contributed by atoms with Gasteiger partial charge in [-0.3, -0.25) is 0 Å². The summed E-state index contributed by atoms with van der Waals surface area (Å²) in [4.78, 5) is 0. The molecule has 6 heteroatoms. The lowest BCUT2D eigenvalue weighted by molar-refractivity contribution is 0.239. The molecule has 1 aliphatic carbocycles. The molecule has 18 heavy (non-hydrogen) atoms. The molecule has 1 aromatic heterocycles. The normalized spacial score (nSPS) is 25.5. The molecule has 0 radical (unpaired) electrons. The monoisotopic (exact) mass is 288 g/mol. The Bertz CT molecular complexity index is 510. The van der Waals surface area contributed by atoms with Crippen LogP contribution in [0.15, 0.2) is 15.7 Å². The smallest absolute Gasteiger partial charge is 0.252 e. The summed E-state index contributed by atoms with van der Waals surface area (Å²) in [6.45, 7) is 2.19. The van der Waals surface area contributed by atoms with Gasteiger partial charge in [-0.05, 0) is 24.8 Å². The van der Waals surface area contributed by atoms with Gasteiger partial charge in [0.2, 0.25) is 0 Å². The van der Waals surface area contributed by atoms with Crippen LogP contribution in [-0.2, 0) is 10.0 Å². The van der Waals surface area contributed by atoms with Crippen molar-refractivity contribution in [1.82, 2.24) is 4.31 Å². The summed E-state index contributed by atoms with van der Waals surface area (Å²) in [7, 11) is -1.68. The first kappa shape index (κ1) is 13.8. The van der Waals surface area contributed by atoms with E-state index in [1.807, 2.05) is 0 Å². The van der Waals surface area contributed by atoms with Crippen molar-refractivity contribution in [3.8, 4) is 0 Å². The molecule has 2 rings (SSSR count). The zero-order chi connectivity index (χ0) is 13.3. The number of hydrogen-bond donors (Lipinski definition) is 1. The van der Waals surface area contributed by atoms with Gasteiger partial charge in [-0.2, -0.15) is 4.31 Å². The Morgan fingerprint density at radius 2 is 2.17 bits per heavy atom. The number of sulfonamides is 1. The van der Waals surface area contributed by atoms with Gasteiger partial charge in [0, 0.05) is 24.2 Å². The van der Waals surface area contributed by atoms with Crippen LogP contribution in [0.2, 0.25) is 0 Å². The summed E-state index contributed by atoms with van der Waals surface area (Å²) in [5, 5.41) is 1.67. The summed E-state index contributed by atoms with van der Waals surface area (Å²) in [6, 6.07) is 1.67. The summed E-state index contributed by atoms with van der Waals surface area (Å²) in [6.07, 6.45) is 4.23. The van der Waals surface area contributed by atoms with Gasteiger partial charge in [0.1, 0.15) is 4.21 Å². The molecule has 2 unspecified atom stereocenters. The van der Waals surface area contributed by atoms with Crippen LogP contribution in [0.3, 0.4) is 0 Å². The van der Waals surface area contributed by atoms with Crippen LogP contribution in [0.4, 0.5) is 5.69 Å². The van der Waals surface area contributed by atoms with E-state index in [-0.39, 0.29) is 6.04 Å². The van der Waals surface area contributed by atoms with E-state index in [9.17, 15) is 8.42 Å². The van der Waals surface area contributed by atoms with Gasteiger partial charge in [-0.25, -0.2) is 8.42 Å². The lowest BCUT2D eigenvalue weighted by Gasteiger charge is -2.33. The molecule has 4 nitrogen and oxygen atoms in total. The largest absolute Gasteiger partial charge is 0.398 e. The maximum Gasteiger partial charge on any atom is 0.252 e. The average molecular weight is 288 g/mol. The van der Waals surface area contributed by atoms with Crippen LogP contribution < -0.4 is 5.73 Å². The van der Waals surface area contributed by atoms with Crippen LogP contribution in [0, 0.1) is 5.92 Å². The van der Waals surface area contributed by atoms with Crippen LogP contribution in [0.1, 0.15) is 32.6 Å². The van der Waals surface area contributed by atoms with Gasteiger partial charge < -0.3 is 5.73 Å². The summed E-state index contributed by atoms with van der Waals surface area (Å²) >= 11 is 1.19. The van der Waals surface area contributed by atoms with Crippen molar-refractivity contribution >= 4 is 27.0 Å². The second-order valence-electron chi connectivity index (χ2n) is 5.15. The van der Waals surface area contributed by atoms with E-state index in [1.54, 1.807) is 18.5 Å². The molecule has 1 aromatic rings. The minimum atomic E-state index is -3.37. The molecule has 1 heterocycles. The summed E-state index contributed by atoms with van der Waals surface area (Å²) in [5.41, 5.74) is 6.12. The number of hydrogen-bond acceptors (Lipinski definition) is 4. The Balaban J connectivity index is 2.19. The number of thiophene rings is 1. The Kier molecular flexibility index (Phi) is 3.99. The maximum atomic E-state index is 12.4. The fourth-order valence-electron chi connectivity index (χ4n) is 2.54.